The van der Waals surface area contributed by atoms with Gasteiger partial charge in [-0.1, -0.05) is 6.92 Å². The quantitative estimate of drug-likeness (QED) is 0.333. The molecule has 120 valence electrons. The van der Waals surface area contributed by atoms with Gasteiger partial charge in [-0.05, 0) is 25.5 Å². The second kappa shape index (κ2) is 8.02. The number of nitro benzene ring substituents is 1. The summed E-state index contributed by atoms with van der Waals surface area (Å²) in [7, 11) is 2.83. The van der Waals surface area contributed by atoms with Crippen LogP contribution in [0.1, 0.15) is 25.8 Å². The van der Waals surface area contributed by atoms with Crippen LogP contribution in [0.3, 0.4) is 0 Å². The van der Waals surface area contributed by atoms with E-state index < -0.39 is 10.9 Å². The third-order valence-corrected chi connectivity index (χ3v) is 2.98. The first kappa shape index (κ1) is 17.5. The van der Waals surface area contributed by atoms with Crippen molar-refractivity contribution in [2.24, 2.45) is 0 Å². The first-order valence-corrected chi connectivity index (χ1v) is 6.76. The zero-order chi connectivity index (χ0) is 16.7. The van der Waals surface area contributed by atoms with E-state index >= 15 is 0 Å². The maximum Gasteiger partial charge on any atom is 0.333 e. The number of nitro groups is 1. The normalized spacial score (nSPS) is 11.0. The Labute approximate surface area is 128 Å². The average Bonchev–Trinajstić information content (AvgIpc) is 2.51. The zero-order valence-electron chi connectivity index (χ0n) is 13.0. The van der Waals surface area contributed by atoms with E-state index in [-0.39, 0.29) is 23.6 Å². The molecule has 22 heavy (non-hydrogen) atoms. The van der Waals surface area contributed by atoms with Gasteiger partial charge in [-0.2, -0.15) is 0 Å². The van der Waals surface area contributed by atoms with E-state index in [2.05, 4.69) is 0 Å². The van der Waals surface area contributed by atoms with E-state index in [1.807, 2.05) is 0 Å². The molecule has 0 heterocycles. The summed E-state index contributed by atoms with van der Waals surface area (Å²) in [4.78, 5) is 22.5. The number of hydrogen-bond donors (Lipinski definition) is 0. The Balaban J connectivity index is 3.43. The van der Waals surface area contributed by atoms with Crippen LogP contribution in [0, 0.1) is 10.1 Å². The monoisotopic (exact) mass is 309 g/mol. The smallest absolute Gasteiger partial charge is 0.333 e. The summed E-state index contributed by atoms with van der Waals surface area (Å²) in [5.74, 6) is 0.105. The zero-order valence-corrected chi connectivity index (χ0v) is 13.0. The molecule has 0 aliphatic heterocycles. The molecule has 0 aromatic heterocycles. The van der Waals surface area contributed by atoms with Crippen LogP contribution in [0.25, 0.3) is 6.08 Å². The van der Waals surface area contributed by atoms with Crippen molar-refractivity contribution in [3.63, 3.8) is 0 Å². The lowest BCUT2D eigenvalue weighted by Crippen LogP contribution is -2.07. The SMILES string of the molecule is CCOC(=O)C(=Cc1cc(OC)c(OC)cc1[N+](=O)[O-])CC. The van der Waals surface area contributed by atoms with Crippen molar-refractivity contribution in [3.8, 4) is 11.5 Å². The summed E-state index contributed by atoms with van der Waals surface area (Å²) < 4.78 is 15.1. The number of methoxy groups -OCH3 is 2. The van der Waals surface area contributed by atoms with Crippen LogP contribution in [-0.2, 0) is 9.53 Å². The Kier molecular flexibility index (Phi) is 6.37. The molecular formula is C15H19NO6. The fourth-order valence-corrected chi connectivity index (χ4v) is 1.87. The molecule has 7 nitrogen and oxygen atoms in total. The summed E-state index contributed by atoms with van der Waals surface area (Å²) in [6.07, 6.45) is 1.84. The molecular weight excluding hydrogens is 290 g/mol. The Morgan fingerprint density at radius 3 is 2.27 bits per heavy atom. The Bertz CT molecular complexity index is 594. The molecule has 1 aromatic rings. The molecule has 0 spiro atoms. The highest BCUT2D eigenvalue weighted by molar-refractivity contribution is 5.94. The van der Waals surface area contributed by atoms with Gasteiger partial charge in [-0.15, -0.1) is 0 Å². The maximum absolute atomic E-state index is 11.8. The molecule has 0 saturated carbocycles. The summed E-state index contributed by atoms with van der Waals surface area (Å²) in [5.41, 5.74) is 0.428. The molecule has 0 bridgehead atoms. The third-order valence-electron chi connectivity index (χ3n) is 2.98. The van der Waals surface area contributed by atoms with Crippen molar-refractivity contribution in [1.29, 1.82) is 0 Å². The molecule has 0 fully saturated rings. The minimum atomic E-state index is -0.535. The van der Waals surface area contributed by atoms with Crippen molar-refractivity contribution in [1.82, 2.24) is 0 Å². The maximum atomic E-state index is 11.8. The van der Waals surface area contributed by atoms with Gasteiger partial charge < -0.3 is 14.2 Å². The molecule has 0 saturated heterocycles. The highest BCUT2D eigenvalue weighted by atomic mass is 16.6. The summed E-state index contributed by atoms with van der Waals surface area (Å²) >= 11 is 0. The van der Waals surface area contributed by atoms with Gasteiger partial charge in [0, 0.05) is 5.57 Å². The first-order valence-electron chi connectivity index (χ1n) is 6.76. The van der Waals surface area contributed by atoms with Crippen LogP contribution in [0.2, 0.25) is 0 Å². The molecule has 0 N–H and O–H groups in total. The minimum Gasteiger partial charge on any atom is -0.493 e. The fourth-order valence-electron chi connectivity index (χ4n) is 1.87. The van der Waals surface area contributed by atoms with Crippen molar-refractivity contribution in [3.05, 3.63) is 33.4 Å². The molecule has 7 heteroatoms. The lowest BCUT2D eigenvalue weighted by Gasteiger charge is -2.10. The van der Waals surface area contributed by atoms with Crippen LogP contribution in [0.4, 0.5) is 5.69 Å². The number of esters is 1. The second-order valence-corrected chi connectivity index (χ2v) is 4.27. The van der Waals surface area contributed by atoms with E-state index in [0.29, 0.717) is 17.7 Å². The van der Waals surface area contributed by atoms with Gasteiger partial charge >= 0.3 is 5.97 Å². The Morgan fingerprint density at radius 1 is 1.23 bits per heavy atom. The lowest BCUT2D eigenvalue weighted by molar-refractivity contribution is -0.385. The van der Waals surface area contributed by atoms with Gasteiger partial charge in [0.15, 0.2) is 11.5 Å². The van der Waals surface area contributed by atoms with Crippen molar-refractivity contribution in [2.75, 3.05) is 20.8 Å². The van der Waals surface area contributed by atoms with Crippen molar-refractivity contribution in [2.45, 2.75) is 20.3 Å². The summed E-state index contributed by atoms with van der Waals surface area (Å²) in [6, 6.07) is 2.73. The molecule has 0 aliphatic rings. The fraction of sp³-hybridized carbons (Fsp3) is 0.400. The molecule has 0 amide bonds. The van der Waals surface area contributed by atoms with E-state index in [9.17, 15) is 14.9 Å². The second-order valence-electron chi connectivity index (χ2n) is 4.27. The molecule has 0 unspecified atom stereocenters. The molecule has 0 aliphatic carbocycles. The van der Waals surface area contributed by atoms with E-state index in [4.69, 9.17) is 14.2 Å². The first-order chi connectivity index (χ1) is 10.5. The highest BCUT2D eigenvalue weighted by Crippen LogP contribution is 2.35. The summed E-state index contributed by atoms with van der Waals surface area (Å²) in [5, 5.41) is 11.2. The Hall–Kier alpha value is -2.57. The number of benzene rings is 1. The molecule has 1 rings (SSSR count). The van der Waals surface area contributed by atoms with Gasteiger partial charge in [-0.3, -0.25) is 10.1 Å². The standard InChI is InChI=1S/C15H19NO6/c1-5-10(15(17)22-6-2)7-11-8-13(20-3)14(21-4)9-12(11)16(18)19/h7-9H,5-6H2,1-4H3. The molecule has 0 atom stereocenters. The van der Waals surface area contributed by atoms with Gasteiger partial charge in [0.25, 0.3) is 5.69 Å². The third kappa shape index (κ3) is 3.97. The number of hydrogen-bond acceptors (Lipinski definition) is 6. The molecule has 0 radical (unpaired) electrons. The van der Waals surface area contributed by atoms with E-state index in [1.165, 1.54) is 32.4 Å². The van der Waals surface area contributed by atoms with Gasteiger partial charge in [0.1, 0.15) is 0 Å². The van der Waals surface area contributed by atoms with Crippen LogP contribution < -0.4 is 9.47 Å². The predicted octanol–water partition coefficient (Wildman–Crippen LogP) is 2.97. The number of rotatable bonds is 7. The van der Waals surface area contributed by atoms with Gasteiger partial charge in [0.2, 0.25) is 0 Å². The number of carbonyl (C=O) groups excluding carboxylic acids is 1. The van der Waals surface area contributed by atoms with Crippen LogP contribution in [-0.4, -0.2) is 31.7 Å². The minimum absolute atomic E-state index is 0.173. The van der Waals surface area contributed by atoms with Crippen molar-refractivity contribution < 1.29 is 23.9 Å². The number of ether oxygens (including phenoxy) is 3. The van der Waals surface area contributed by atoms with Crippen molar-refractivity contribution >= 4 is 17.7 Å². The number of nitrogens with zero attached hydrogens (tertiary/aromatic N) is 1. The van der Waals surface area contributed by atoms with Crippen LogP contribution in [0.5, 0.6) is 11.5 Å². The lowest BCUT2D eigenvalue weighted by atomic mass is 10.1. The van der Waals surface area contributed by atoms with E-state index in [0.717, 1.165) is 0 Å². The topological polar surface area (TPSA) is 87.9 Å². The summed E-state index contributed by atoms with van der Waals surface area (Å²) in [6.45, 7) is 3.71. The Morgan fingerprint density at radius 2 is 1.82 bits per heavy atom. The average molecular weight is 309 g/mol. The van der Waals surface area contributed by atoms with Gasteiger partial charge in [0.05, 0.1) is 37.4 Å². The van der Waals surface area contributed by atoms with Crippen LogP contribution in [0.15, 0.2) is 17.7 Å². The largest absolute Gasteiger partial charge is 0.493 e. The predicted molar refractivity (Wildman–Crippen MR) is 81.1 cm³/mol. The molecule has 1 aromatic carbocycles. The highest BCUT2D eigenvalue weighted by Gasteiger charge is 2.20. The van der Waals surface area contributed by atoms with Gasteiger partial charge in [-0.25, -0.2) is 4.79 Å². The number of carbonyl (C=O) groups is 1. The van der Waals surface area contributed by atoms with E-state index in [1.54, 1.807) is 13.8 Å². The van der Waals surface area contributed by atoms with Crippen LogP contribution >= 0.6 is 0 Å².